The molecule has 0 aromatic carbocycles. The maximum atomic E-state index is 5.96. The Morgan fingerprint density at radius 2 is 2.41 bits per heavy atom. The topological polar surface area (TPSA) is 36.9 Å². The Morgan fingerprint density at radius 3 is 3.06 bits per heavy atom. The van der Waals surface area contributed by atoms with Gasteiger partial charge in [-0.2, -0.15) is 0 Å². The number of fused-ring (bicyclic) bond motifs is 2. The lowest BCUT2D eigenvalue weighted by Gasteiger charge is -2.34. The summed E-state index contributed by atoms with van der Waals surface area (Å²) in [5.74, 6) is 1.07. The number of rotatable bonds is 2. The normalized spacial score (nSPS) is 40.6. The Morgan fingerprint density at radius 1 is 1.53 bits per heavy atom. The number of ether oxygens (including phenoxy) is 1. The van der Waals surface area contributed by atoms with Gasteiger partial charge >= 0.3 is 0 Å². The summed E-state index contributed by atoms with van der Waals surface area (Å²) in [6.45, 7) is 5.43. The highest BCUT2D eigenvalue weighted by molar-refractivity contribution is 5.80. The Bertz CT molecular complexity index is 331. The number of aliphatic imine (C=N–C) groups is 1. The van der Waals surface area contributed by atoms with Crippen LogP contribution in [0.25, 0.3) is 0 Å². The van der Waals surface area contributed by atoms with Crippen LogP contribution in [0.4, 0.5) is 0 Å². The Hall–Kier alpha value is -0.770. The monoisotopic (exact) mass is 237 g/mol. The lowest BCUT2D eigenvalue weighted by Crippen LogP contribution is -2.48. The van der Waals surface area contributed by atoms with Crippen molar-refractivity contribution in [3.8, 4) is 0 Å². The highest BCUT2D eigenvalue weighted by atomic mass is 16.5. The van der Waals surface area contributed by atoms with Gasteiger partial charge in [0.1, 0.15) is 0 Å². The van der Waals surface area contributed by atoms with Crippen molar-refractivity contribution in [1.29, 1.82) is 0 Å². The first-order chi connectivity index (χ1) is 8.17. The smallest absolute Gasteiger partial charge is 0.193 e. The molecule has 0 aliphatic carbocycles. The number of hydrogen-bond acceptors (Lipinski definition) is 4. The van der Waals surface area contributed by atoms with Crippen LogP contribution in [0.5, 0.6) is 0 Å². The molecule has 3 heterocycles. The minimum atomic E-state index is 0.309. The van der Waals surface area contributed by atoms with Crippen molar-refractivity contribution in [2.75, 3.05) is 26.7 Å². The van der Waals surface area contributed by atoms with Crippen molar-refractivity contribution in [2.45, 2.75) is 44.8 Å². The fraction of sp³-hybridized carbons (Fsp3) is 0.923. The van der Waals surface area contributed by atoms with Crippen molar-refractivity contribution < 1.29 is 4.74 Å². The predicted octanol–water partition coefficient (Wildman–Crippen LogP) is 1.23. The highest BCUT2D eigenvalue weighted by Crippen LogP contribution is 2.46. The van der Waals surface area contributed by atoms with Gasteiger partial charge in [0.2, 0.25) is 0 Å². The van der Waals surface area contributed by atoms with Gasteiger partial charge in [-0.25, -0.2) is 0 Å². The fourth-order valence-electron chi connectivity index (χ4n) is 3.40. The van der Waals surface area contributed by atoms with Gasteiger partial charge in [0.25, 0.3) is 0 Å². The number of hydrogen-bond donors (Lipinski definition) is 1. The van der Waals surface area contributed by atoms with Gasteiger partial charge in [0.05, 0.1) is 12.2 Å². The first kappa shape index (κ1) is 11.3. The van der Waals surface area contributed by atoms with E-state index >= 15 is 0 Å². The van der Waals surface area contributed by atoms with Gasteiger partial charge in [-0.05, 0) is 25.7 Å². The van der Waals surface area contributed by atoms with Crippen molar-refractivity contribution in [2.24, 2.45) is 10.4 Å². The van der Waals surface area contributed by atoms with E-state index in [1.54, 1.807) is 0 Å². The second-order valence-corrected chi connectivity index (χ2v) is 6.02. The zero-order valence-electron chi connectivity index (χ0n) is 10.9. The molecule has 4 heteroatoms. The van der Waals surface area contributed by atoms with Gasteiger partial charge in [-0.3, -0.25) is 4.99 Å². The molecule has 96 valence electrons. The molecule has 4 nitrogen and oxygen atoms in total. The van der Waals surface area contributed by atoms with Crippen LogP contribution in [0, 0.1) is 5.41 Å². The van der Waals surface area contributed by atoms with Crippen molar-refractivity contribution >= 4 is 5.96 Å². The molecule has 0 aromatic rings. The van der Waals surface area contributed by atoms with E-state index in [-0.39, 0.29) is 0 Å². The Balaban J connectivity index is 1.59. The minimum Gasteiger partial charge on any atom is -0.374 e. The molecule has 2 saturated heterocycles. The molecule has 3 aliphatic rings. The van der Waals surface area contributed by atoms with Gasteiger partial charge in [-0.15, -0.1) is 0 Å². The number of nitrogens with zero attached hydrogens (tertiary/aromatic N) is 2. The summed E-state index contributed by atoms with van der Waals surface area (Å²) in [7, 11) is 2.12. The third-order valence-electron chi connectivity index (χ3n) is 4.50. The van der Waals surface area contributed by atoms with E-state index in [1.807, 2.05) is 0 Å². The van der Waals surface area contributed by atoms with E-state index in [9.17, 15) is 0 Å². The molecule has 17 heavy (non-hydrogen) atoms. The highest BCUT2D eigenvalue weighted by Gasteiger charge is 2.49. The molecular formula is C13H23N3O. The second-order valence-electron chi connectivity index (χ2n) is 6.02. The lowest BCUT2D eigenvalue weighted by atomic mass is 9.75. The number of guanidine groups is 1. The molecule has 0 radical (unpaired) electrons. The fourth-order valence-corrected chi connectivity index (χ4v) is 3.40. The molecule has 0 aromatic heterocycles. The molecule has 3 unspecified atom stereocenters. The Labute approximate surface area is 103 Å². The molecule has 0 spiro atoms. The summed E-state index contributed by atoms with van der Waals surface area (Å²) in [6, 6.07) is 0. The molecule has 0 saturated carbocycles. The van der Waals surface area contributed by atoms with Crippen LogP contribution < -0.4 is 5.32 Å². The van der Waals surface area contributed by atoms with Crippen molar-refractivity contribution in [3.05, 3.63) is 0 Å². The van der Waals surface area contributed by atoms with Gasteiger partial charge in [0, 0.05) is 32.1 Å². The largest absolute Gasteiger partial charge is 0.374 e. The van der Waals surface area contributed by atoms with E-state index in [4.69, 9.17) is 4.74 Å². The standard InChI is InChI=1S/C13H23N3O/c1-13(8-10-4-5-11(13)17-10)9-15-12-14-6-3-7-16(12)2/h10-11H,3-9H2,1-2H3,(H,14,15). The van der Waals surface area contributed by atoms with Crippen LogP contribution in [-0.4, -0.2) is 49.7 Å². The van der Waals surface area contributed by atoms with E-state index in [2.05, 4.69) is 29.2 Å². The summed E-state index contributed by atoms with van der Waals surface area (Å²) < 4.78 is 5.96. The quantitative estimate of drug-likeness (QED) is 0.784. The molecule has 0 amide bonds. The van der Waals surface area contributed by atoms with Crippen LogP contribution in [0.2, 0.25) is 0 Å². The zero-order chi connectivity index (χ0) is 11.9. The van der Waals surface area contributed by atoms with Gasteiger partial charge in [-0.1, -0.05) is 6.92 Å². The molecular weight excluding hydrogens is 214 g/mol. The van der Waals surface area contributed by atoms with Gasteiger partial charge < -0.3 is 15.0 Å². The molecule has 3 aliphatic heterocycles. The SMILES string of the molecule is CN1CCCN=C1NCC1(C)CC2CCC1O2. The van der Waals surface area contributed by atoms with E-state index in [0.29, 0.717) is 17.6 Å². The predicted molar refractivity (Wildman–Crippen MR) is 68.2 cm³/mol. The Kier molecular flexibility index (Phi) is 2.77. The third-order valence-corrected chi connectivity index (χ3v) is 4.50. The second kappa shape index (κ2) is 4.16. The average Bonchev–Trinajstić information content (AvgIpc) is 2.88. The lowest BCUT2D eigenvalue weighted by molar-refractivity contribution is 0.0686. The maximum absolute atomic E-state index is 5.96. The van der Waals surface area contributed by atoms with Crippen LogP contribution in [0.3, 0.4) is 0 Å². The summed E-state index contributed by atoms with van der Waals surface area (Å²) in [5.41, 5.74) is 0.309. The zero-order valence-corrected chi connectivity index (χ0v) is 10.9. The summed E-state index contributed by atoms with van der Waals surface area (Å²) >= 11 is 0. The summed E-state index contributed by atoms with van der Waals surface area (Å²) in [6.07, 6.45) is 5.88. The summed E-state index contributed by atoms with van der Waals surface area (Å²) in [5, 5.41) is 3.53. The van der Waals surface area contributed by atoms with Crippen molar-refractivity contribution in [3.63, 3.8) is 0 Å². The third kappa shape index (κ3) is 2.03. The van der Waals surface area contributed by atoms with Crippen LogP contribution in [-0.2, 0) is 4.74 Å². The first-order valence-electron chi connectivity index (χ1n) is 6.82. The summed E-state index contributed by atoms with van der Waals surface area (Å²) in [4.78, 5) is 6.78. The number of nitrogens with one attached hydrogen (secondary N) is 1. The molecule has 3 atom stereocenters. The molecule has 3 rings (SSSR count). The molecule has 2 bridgehead atoms. The first-order valence-corrected chi connectivity index (χ1v) is 6.82. The van der Waals surface area contributed by atoms with E-state index in [0.717, 1.165) is 25.6 Å². The molecule has 1 N–H and O–H groups in total. The molecule has 2 fully saturated rings. The van der Waals surface area contributed by atoms with Crippen LogP contribution in [0.1, 0.15) is 32.6 Å². The van der Waals surface area contributed by atoms with Crippen molar-refractivity contribution in [1.82, 2.24) is 10.2 Å². The van der Waals surface area contributed by atoms with E-state index in [1.165, 1.54) is 25.7 Å². The van der Waals surface area contributed by atoms with Crippen LogP contribution in [0.15, 0.2) is 4.99 Å². The maximum Gasteiger partial charge on any atom is 0.193 e. The van der Waals surface area contributed by atoms with E-state index < -0.39 is 0 Å². The average molecular weight is 237 g/mol. The van der Waals surface area contributed by atoms with Gasteiger partial charge in [0.15, 0.2) is 5.96 Å². The minimum absolute atomic E-state index is 0.309. The van der Waals surface area contributed by atoms with Crippen LogP contribution >= 0.6 is 0 Å².